The molecule has 21 heavy (non-hydrogen) atoms. The largest absolute Gasteiger partial charge is 0.481 e. The maximum absolute atomic E-state index is 12.5. The van der Waals surface area contributed by atoms with Crippen molar-refractivity contribution in [2.45, 2.75) is 57.5 Å². The van der Waals surface area contributed by atoms with Crippen LogP contribution < -0.4 is 5.32 Å². The molecule has 1 aliphatic heterocycles. The van der Waals surface area contributed by atoms with Gasteiger partial charge in [0.1, 0.15) is 0 Å². The first-order valence-electron chi connectivity index (χ1n) is 8.35. The maximum atomic E-state index is 12.5. The summed E-state index contributed by atoms with van der Waals surface area (Å²) in [6.45, 7) is 4.09. The molecule has 2 aliphatic carbocycles. The molecule has 5 nitrogen and oxygen atoms in total. The zero-order chi connectivity index (χ0) is 15.0. The van der Waals surface area contributed by atoms with Gasteiger partial charge in [-0.15, -0.1) is 0 Å². The van der Waals surface area contributed by atoms with E-state index in [1.54, 1.807) is 0 Å². The van der Waals surface area contributed by atoms with Crippen molar-refractivity contribution in [1.82, 2.24) is 10.2 Å². The Bertz CT molecular complexity index is 422. The lowest BCUT2D eigenvalue weighted by atomic mass is 9.95. The summed E-state index contributed by atoms with van der Waals surface area (Å²) in [7, 11) is 0. The number of carboxylic acid groups (broad SMARTS) is 1. The van der Waals surface area contributed by atoms with Gasteiger partial charge < -0.3 is 10.4 Å². The van der Waals surface area contributed by atoms with E-state index in [9.17, 15) is 14.7 Å². The van der Waals surface area contributed by atoms with Gasteiger partial charge in [-0.25, -0.2) is 0 Å². The lowest BCUT2D eigenvalue weighted by Crippen LogP contribution is -2.42. The minimum Gasteiger partial charge on any atom is -0.481 e. The van der Waals surface area contributed by atoms with Crippen molar-refractivity contribution in [3.05, 3.63) is 0 Å². The van der Waals surface area contributed by atoms with Crippen LogP contribution in [-0.2, 0) is 9.59 Å². The number of nitrogens with zero attached hydrogens (tertiary/aromatic N) is 1. The molecule has 3 aliphatic rings. The van der Waals surface area contributed by atoms with Crippen LogP contribution in [0.1, 0.15) is 45.4 Å². The predicted octanol–water partition coefficient (Wildman–Crippen LogP) is 1.48. The molecule has 4 unspecified atom stereocenters. The molecule has 5 heteroatoms. The van der Waals surface area contributed by atoms with Crippen LogP contribution in [0.25, 0.3) is 0 Å². The number of hydrogen-bond acceptors (Lipinski definition) is 3. The van der Waals surface area contributed by atoms with Crippen LogP contribution in [0.2, 0.25) is 0 Å². The van der Waals surface area contributed by atoms with Gasteiger partial charge in [0.2, 0.25) is 5.91 Å². The molecule has 1 heterocycles. The van der Waals surface area contributed by atoms with Gasteiger partial charge in [0, 0.05) is 25.2 Å². The van der Waals surface area contributed by atoms with Crippen LogP contribution in [-0.4, -0.2) is 47.1 Å². The van der Waals surface area contributed by atoms with Crippen molar-refractivity contribution >= 4 is 11.9 Å². The quantitative estimate of drug-likeness (QED) is 0.806. The van der Waals surface area contributed by atoms with Crippen LogP contribution in [0.15, 0.2) is 0 Å². The van der Waals surface area contributed by atoms with Gasteiger partial charge in [-0.2, -0.15) is 0 Å². The van der Waals surface area contributed by atoms with Gasteiger partial charge >= 0.3 is 5.97 Å². The molecule has 4 atom stereocenters. The average molecular weight is 294 g/mol. The number of aliphatic carboxylic acids is 1. The number of carboxylic acids is 1. The Hall–Kier alpha value is -1.10. The molecule has 1 amide bonds. The summed E-state index contributed by atoms with van der Waals surface area (Å²) in [5.74, 6) is -1.27. The molecule has 0 aromatic heterocycles. The first-order chi connectivity index (χ1) is 10.1. The van der Waals surface area contributed by atoms with E-state index < -0.39 is 11.9 Å². The fraction of sp³-hybridized carbons (Fsp3) is 0.875. The van der Waals surface area contributed by atoms with Crippen LogP contribution in [0, 0.1) is 17.8 Å². The highest BCUT2D eigenvalue weighted by molar-refractivity contribution is 5.85. The summed E-state index contributed by atoms with van der Waals surface area (Å²) in [5.41, 5.74) is 0. The summed E-state index contributed by atoms with van der Waals surface area (Å²) >= 11 is 0. The highest BCUT2D eigenvalue weighted by Gasteiger charge is 2.43. The zero-order valence-corrected chi connectivity index (χ0v) is 12.8. The topological polar surface area (TPSA) is 69.6 Å². The summed E-state index contributed by atoms with van der Waals surface area (Å²) in [6.07, 6.45) is 5.95. The highest BCUT2D eigenvalue weighted by atomic mass is 16.4. The van der Waals surface area contributed by atoms with E-state index in [-0.39, 0.29) is 17.9 Å². The normalized spacial score (nSPS) is 36.8. The lowest BCUT2D eigenvalue weighted by Gasteiger charge is -2.20. The van der Waals surface area contributed by atoms with E-state index in [0.29, 0.717) is 12.3 Å². The minimum atomic E-state index is -0.808. The lowest BCUT2D eigenvalue weighted by molar-refractivity contribution is -0.146. The van der Waals surface area contributed by atoms with Gasteiger partial charge in [0.25, 0.3) is 0 Å². The van der Waals surface area contributed by atoms with Gasteiger partial charge in [-0.05, 0) is 38.0 Å². The van der Waals surface area contributed by atoms with E-state index in [2.05, 4.69) is 17.1 Å². The summed E-state index contributed by atoms with van der Waals surface area (Å²) in [6, 6.07) is 0.961. The molecule has 0 radical (unpaired) electrons. The Morgan fingerprint density at radius 1 is 1.19 bits per heavy atom. The molecule has 3 fully saturated rings. The smallest absolute Gasteiger partial charge is 0.307 e. The molecular weight excluding hydrogens is 268 g/mol. The van der Waals surface area contributed by atoms with E-state index in [4.69, 9.17) is 0 Å². The second-order valence-corrected chi connectivity index (χ2v) is 7.02. The van der Waals surface area contributed by atoms with Crippen molar-refractivity contribution in [1.29, 1.82) is 0 Å². The fourth-order valence-corrected chi connectivity index (χ4v) is 4.02. The summed E-state index contributed by atoms with van der Waals surface area (Å²) < 4.78 is 0. The van der Waals surface area contributed by atoms with Gasteiger partial charge in [-0.1, -0.05) is 13.3 Å². The van der Waals surface area contributed by atoms with Crippen LogP contribution in [0.3, 0.4) is 0 Å². The first-order valence-corrected chi connectivity index (χ1v) is 8.35. The summed E-state index contributed by atoms with van der Waals surface area (Å²) in [5, 5.41) is 12.5. The van der Waals surface area contributed by atoms with E-state index in [1.807, 2.05) is 0 Å². The minimum absolute atomic E-state index is 0.0269. The van der Waals surface area contributed by atoms with Crippen molar-refractivity contribution in [2.24, 2.45) is 17.8 Å². The van der Waals surface area contributed by atoms with Gasteiger partial charge in [-0.3, -0.25) is 14.5 Å². The molecule has 0 aromatic rings. The van der Waals surface area contributed by atoms with E-state index in [1.165, 1.54) is 12.8 Å². The second kappa shape index (κ2) is 5.95. The second-order valence-electron chi connectivity index (χ2n) is 7.02. The number of amides is 1. The van der Waals surface area contributed by atoms with E-state index >= 15 is 0 Å². The average Bonchev–Trinajstić information content (AvgIpc) is 3.03. The SMILES string of the molecule is CCC1CC(C(=O)O)C(C(=O)NC2CCN(C3CC3)C2)C1. The molecule has 118 valence electrons. The van der Waals surface area contributed by atoms with Crippen LogP contribution >= 0.6 is 0 Å². The monoisotopic (exact) mass is 294 g/mol. The zero-order valence-electron chi connectivity index (χ0n) is 12.8. The number of rotatable bonds is 5. The van der Waals surface area contributed by atoms with Gasteiger partial charge in [0.15, 0.2) is 0 Å². The predicted molar refractivity (Wildman–Crippen MR) is 78.8 cm³/mol. The molecule has 0 spiro atoms. The molecular formula is C16H26N2O3. The third-order valence-electron chi connectivity index (χ3n) is 5.52. The van der Waals surface area contributed by atoms with Crippen molar-refractivity contribution < 1.29 is 14.7 Å². The van der Waals surface area contributed by atoms with Crippen LogP contribution in [0.5, 0.6) is 0 Å². The van der Waals surface area contributed by atoms with Crippen molar-refractivity contribution in [2.75, 3.05) is 13.1 Å². The highest BCUT2D eigenvalue weighted by Crippen LogP contribution is 2.38. The number of carbonyl (C=O) groups excluding carboxylic acids is 1. The summed E-state index contributed by atoms with van der Waals surface area (Å²) in [4.78, 5) is 26.3. The number of likely N-dealkylation sites (tertiary alicyclic amines) is 1. The first kappa shape index (κ1) is 14.8. The molecule has 3 rings (SSSR count). The Labute approximate surface area is 126 Å². The molecule has 0 aromatic carbocycles. The standard InChI is InChI=1S/C16H26N2O3/c1-2-10-7-13(14(8-10)16(20)21)15(19)17-11-5-6-18(9-11)12-3-4-12/h10-14H,2-9H2,1H3,(H,17,19)(H,20,21). The Balaban J connectivity index is 1.55. The number of carbonyl (C=O) groups is 2. The Kier molecular flexibility index (Phi) is 4.20. The van der Waals surface area contributed by atoms with Crippen LogP contribution in [0.4, 0.5) is 0 Å². The van der Waals surface area contributed by atoms with Crippen molar-refractivity contribution in [3.63, 3.8) is 0 Å². The Morgan fingerprint density at radius 2 is 1.90 bits per heavy atom. The fourth-order valence-electron chi connectivity index (χ4n) is 4.02. The number of nitrogens with one attached hydrogen (secondary N) is 1. The van der Waals surface area contributed by atoms with E-state index in [0.717, 1.165) is 38.4 Å². The molecule has 2 N–H and O–H groups in total. The van der Waals surface area contributed by atoms with Crippen molar-refractivity contribution in [3.8, 4) is 0 Å². The third-order valence-corrected chi connectivity index (χ3v) is 5.52. The van der Waals surface area contributed by atoms with Gasteiger partial charge in [0.05, 0.1) is 11.8 Å². The Morgan fingerprint density at radius 3 is 2.52 bits per heavy atom. The molecule has 0 bridgehead atoms. The molecule has 2 saturated carbocycles. The number of hydrogen-bond donors (Lipinski definition) is 2. The maximum Gasteiger partial charge on any atom is 0.307 e. The third kappa shape index (κ3) is 3.23. The molecule has 1 saturated heterocycles.